The lowest BCUT2D eigenvalue weighted by atomic mass is 9.82. The van der Waals surface area contributed by atoms with Crippen LogP contribution in [0, 0.1) is 11.3 Å². The van der Waals surface area contributed by atoms with Gasteiger partial charge in [-0.1, -0.05) is 20.8 Å². The van der Waals surface area contributed by atoms with E-state index >= 15 is 0 Å². The summed E-state index contributed by atoms with van der Waals surface area (Å²) in [5, 5.41) is 0. The molecule has 0 amide bonds. The third-order valence-corrected chi connectivity index (χ3v) is 4.95. The SMILES string of the molecule is C=S1(=O)CC(C)(C(C)C)C1. The van der Waals surface area contributed by atoms with Crippen molar-refractivity contribution in [2.45, 2.75) is 20.8 Å². The van der Waals surface area contributed by atoms with Crippen molar-refractivity contribution in [3.63, 3.8) is 0 Å². The van der Waals surface area contributed by atoms with E-state index in [0.717, 1.165) is 11.5 Å². The summed E-state index contributed by atoms with van der Waals surface area (Å²) in [4.78, 5) is 0. The van der Waals surface area contributed by atoms with E-state index in [0.29, 0.717) is 11.3 Å². The second-order valence-electron chi connectivity index (χ2n) is 4.06. The van der Waals surface area contributed by atoms with Crippen LogP contribution in [0.15, 0.2) is 0 Å². The lowest BCUT2D eigenvalue weighted by Crippen LogP contribution is -2.49. The fraction of sp³-hybridized carbons (Fsp3) is 0.875. The Hall–Kier alpha value is 0.0200. The monoisotopic (exact) mass is 160 g/mol. The fourth-order valence-electron chi connectivity index (χ4n) is 1.49. The maximum absolute atomic E-state index is 11.3. The van der Waals surface area contributed by atoms with Gasteiger partial charge in [0.2, 0.25) is 0 Å². The second kappa shape index (κ2) is 2.00. The molecule has 0 saturated carbocycles. The summed E-state index contributed by atoms with van der Waals surface area (Å²) in [7, 11) is -1.63. The Balaban J connectivity index is 2.67. The first-order chi connectivity index (χ1) is 4.36. The Kier molecular flexibility index (Phi) is 1.63. The van der Waals surface area contributed by atoms with Crippen LogP contribution >= 0.6 is 0 Å². The van der Waals surface area contributed by atoms with Gasteiger partial charge in [-0.25, -0.2) is 0 Å². The molecule has 0 aliphatic carbocycles. The van der Waals surface area contributed by atoms with Gasteiger partial charge in [-0.05, 0) is 26.7 Å². The van der Waals surface area contributed by atoms with Gasteiger partial charge in [0.25, 0.3) is 0 Å². The van der Waals surface area contributed by atoms with Crippen molar-refractivity contribution < 1.29 is 4.21 Å². The molecular weight excluding hydrogens is 144 g/mol. The summed E-state index contributed by atoms with van der Waals surface area (Å²) in [5.41, 5.74) is 0.318. The van der Waals surface area contributed by atoms with E-state index in [1.165, 1.54) is 0 Å². The van der Waals surface area contributed by atoms with E-state index in [4.69, 9.17) is 0 Å². The smallest absolute Gasteiger partial charge is 0.0224 e. The predicted molar refractivity (Wildman–Crippen MR) is 47.9 cm³/mol. The standard InChI is InChI=1S/C8H16OS/c1-7(2)8(3)5-10(4,9)6-8/h7H,4-6H2,1-3H3. The molecule has 10 heavy (non-hydrogen) atoms. The van der Waals surface area contributed by atoms with Gasteiger partial charge in [-0.2, -0.15) is 0 Å². The van der Waals surface area contributed by atoms with Crippen LogP contribution in [0.4, 0.5) is 0 Å². The van der Waals surface area contributed by atoms with E-state index in [1.807, 2.05) is 0 Å². The first kappa shape index (κ1) is 8.12. The zero-order valence-electron chi connectivity index (χ0n) is 7.02. The van der Waals surface area contributed by atoms with Crippen molar-refractivity contribution in [3.8, 4) is 0 Å². The average molecular weight is 160 g/mol. The molecule has 2 heteroatoms. The molecule has 1 aliphatic heterocycles. The van der Waals surface area contributed by atoms with Crippen molar-refractivity contribution in [3.05, 3.63) is 0 Å². The zero-order valence-corrected chi connectivity index (χ0v) is 7.83. The molecule has 0 aromatic carbocycles. The van der Waals surface area contributed by atoms with E-state index in [2.05, 4.69) is 26.6 Å². The Bertz CT molecular complexity index is 212. The van der Waals surface area contributed by atoms with E-state index in [-0.39, 0.29) is 0 Å². The van der Waals surface area contributed by atoms with Gasteiger partial charge in [0.05, 0.1) is 0 Å². The molecule has 0 radical (unpaired) electrons. The Morgan fingerprint density at radius 2 is 1.90 bits per heavy atom. The summed E-state index contributed by atoms with van der Waals surface area (Å²) in [6, 6.07) is 0. The highest BCUT2D eigenvalue weighted by Gasteiger charge is 2.42. The first-order valence-corrected chi connectivity index (χ1v) is 5.75. The van der Waals surface area contributed by atoms with Gasteiger partial charge in [-0.3, -0.25) is 4.21 Å². The van der Waals surface area contributed by atoms with Gasteiger partial charge in [-0.15, -0.1) is 0 Å². The maximum atomic E-state index is 11.3. The van der Waals surface area contributed by atoms with Crippen LogP contribution in [0.25, 0.3) is 0 Å². The molecule has 0 N–H and O–H groups in total. The molecule has 0 atom stereocenters. The molecule has 1 heterocycles. The molecule has 0 bridgehead atoms. The molecule has 1 nitrogen and oxygen atoms in total. The summed E-state index contributed by atoms with van der Waals surface area (Å²) in [6.45, 7) is 6.58. The highest BCUT2D eigenvalue weighted by molar-refractivity contribution is 8.01. The van der Waals surface area contributed by atoms with Crippen LogP contribution in [-0.2, 0) is 9.52 Å². The van der Waals surface area contributed by atoms with Crippen LogP contribution in [-0.4, -0.2) is 21.6 Å². The molecule has 1 aliphatic rings. The summed E-state index contributed by atoms with van der Waals surface area (Å²) in [5.74, 6) is 5.99. The molecule has 1 saturated heterocycles. The van der Waals surface area contributed by atoms with Crippen LogP contribution in [0.3, 0.4) is 0 Å². The quantitative estimate of drug-likeness (QED) is 0.530. The fourth-order valence-corrected chi connectivity index (χ4v) is 4.48. The highest BCUT2D eigenvalue weighted by Crippen LogP contribution is 2.38. The zero-order chi connectivity index (χ0) is 7.99. The van der Waals surface area contributed by atoms with Crippen LogP contribution in [0.2, 0.25) is 0 Å². The number of rotatable bonds is 1. The van der Waals surface area contributed by atoms with Crippen molar-refractivity contribution in [1.29, 1.82) is 0 Å². The highest BCUT2D eigenvalue weighted by atomic mass is 32.2. The third-order valence-electron chi connectivity index (χ3n) is 2.58. The van der Waals surface area contributed by atoms with Gasteiger partial charge in [0.1, 0.15) is 0 Å². The molecule has 60 valence electrons. The average Bonchev–Trinajstić information content (AvgIpc) is 1.59. The largest absolute Gasteiger partial charge is 0.268 e. The van der Waals surface area contributed by atoms with E-state index in [1.54, 1.807) is 0 Å². The van der Waals surface area contributed by atoms with Crippen LogP contribution < -0.4 is 0 Å². The van der Waals surface area contributed by atoms with Crippen molar-refractivity contribution >= 4 is 15.4 Å². The maximum Gasteiger partial charge on any atom is 0.0224 e. The Labute approximate surface area is 63.8 Å². The van der Waals surface area contributed by atoms with E-state index in [9.17, 15) is 4.21 Å². The molecule has 0 aromatic heterocycles. The Morgan fingerprint density at radius 3 is 2.00 bits per heavy atom. The van der Waals surface area contributed by atoms with Crippen molar-refractivity contribution in [2.75, 3.05) is 11.5 Å². The minimum Gasteiger partial charge on any atom is -0.268 e. The van der Waals surface area contributed by atoms with Crippen LogP contribution in [0.1, 0.15) is 20.8 Å². The molecule has 1 rings (SSSR count). The summed E-state index contributed by atoms with van der Waals surface area (Å²) >= 11 is 0. The molecule has 0 spiro atoms. The van der Waals surface area contributed by atoms with Gasteiger partial charge in [0, 0.05) is 11.5 Å². The van der Waals surface area contributed by atoms with Crippen molar-refractivity contribution in [2.24, 2.45) is 11.3 Å². The second-order valence-corrected chi connectivity index (χ2v) is 6.57. The minimum absolute atomic E-state index is 0.318. The topological polar surface area (TPSA) is 17.1 Å². The van der Waals surface area contributed by atoms with Crippen LogP contribution in [0.5, 0.6) is 0 Å². The Morgan fingerprint density at radius 1 is 1.50 bits per heavy atom. The normalized spacial score (nSPS) is 47.2. The first-order valence-electron chi connectivity index (χ1n) is 3.68. The van der Waals surface area contributed by atoms with Gasteiger partial charge >= 0.3 is 0 Å². The summed E-state index contributed by atoms with van der Waals surface area (Å²) < 4.78 is 11.3. The van der Waals surface area contributed by atoms with Crippen molar-refractivity contribution in [1.82, 2.24) is 0 Å². The number of hydrogen-bond donors (Lipinski definition) is 0. The van der Waals surface area contributed by atoms with E-state index < -0.39 is 9.52 Å². The molecule has 0 aromatic rings. The lowest BCUT2D eigenvalue weighted by Gasteiger charge is -2.44. The molecule has 1 fully saturated rings. The molecule has 0 unspecified atom stereocenters. The summed E-state index contributed by atoms with van der Waals surface area (Å²) in [6.07, 6.45) is 0. The minimum atomic E-state index is -1.63. The predicted octanol–water partition coefficient (Wildman–Crippen LogP) is 1.38. The molecular formula is C8H16OS. The van der Waals surface area contributed by atoms with Gasteiger partial charge < -0.3 is 0 Å². The third kappa shape index (κ3) is 1.22. The van der Waals surface area contributed by atoms with Gasteiger partial charge in [0.15, 0.2) is 0 Å². The lowest BCUT2D eigenvalue weighted by molar-refractivity contribution is 0.270. The number of hydrogen-bond acceptors (Lipinski definition) is 1.